The topological polar surface area (TPSA) is 41.6 Å². The Morgan fingerprint density at radius 1 is 1.33 bits per heavy atom. The number of hydrogen-bond donors (Lipinski definition) is 1. The number of likely N-dealkylation sites (N-methyl/N-ethyl adjacent to an activating group) is 1. The van der Waals surface area contributed by atoms with E-state index in [4.69, 9.17) is 4.74 Å². The summed E-state index contributed by atoms with van der Waals surface area (Å²) < 4.78 is 4.98. The number of aryl methyl sites for hydroxylation is 1. The van der Waals surface area contributed by atoms with Crippen molar-refractivity contribution in [2.45, 2.75) is 13.3 Å². The number of amides is 1. The van der Waals surface area contributed by atoms with Crippen molar-refractivity contribution in [2.24, 2.45) is 0 Å². The zero-order valence-electron chi connectivity index (χ0n) is 11.4. The predicted molar refractivity (Wildman–Crippen MR) is 73.8 cm³/mol. The lowest BCUT2D eigenvalue weighted by Crippen LogP contribution is -2.31. The van der Waals surface area contributed by atoms with Crippen molar-refractivity contribution in [3.8, 4) is 0 Å². The molecule has 4 nitrogen and oxygen atoms in total. The van der Waals surface area contributed by atoms with E-state index in [9.17, 15) is 4.79 Å². The Balaban J connectivity index is 2.30. The summed E-state index contributed by atoms with van der Waals surface area (Å²) in [6, 6.07) is 7.80. The van der Waals surface area contributed by atoms with Crippen LogP contribution in [0.15, 0.2) is 24.3 Å². The third-order valence-electron chi connectivity index (χ3n) is 2.64. The number of anilines is 1. The second-order valence-electron chi connectivity index (χ2n) is 4.50. The van der Waals surface area contributed by atoms with Crippen LogP contribution in [0.5, 0.6) is 0 Å². The Labute approximate surface area is 109 Å². The Morgan fingerprint density at radius 2 is 2.00 bits per heavy atom. The highest BCUT2D eigenvalue weighted by Gasteiger charge is 2.06. The van der Waals surface area contributed by atoms with E-state index in [0.717, 1.165) is 25.3 Å². The number of carbonyl (C=O) groups excluding carboxylic acids is 1. The largest absolute Gasteiger partial charge is 0.385 e. The number of carbonyl (C=O) groups is 1. The number of nitrogens with zero attached hydrogens (tertiary/aromatic N) is 1. The smallest absolute Gasteiger partial charge is 0.238 e. The highest BCUT2D eigenvalue weighted by atomic mass is 16.5. The van der Waals surface area contributed by atoms with Gasteiger partial charge in [-0.05, 0) is 32.5 Å². The SMILES string of the molecule is COCCCN(C)CC(=O)Nc1ccc(C)cc1. The molecular formula is C14H22N2O2. The van der Waals surface area contributed by atoms with E-state index in [-0.39, 0.29) is 5.91 Å². The van der Waals surface area contributed by atoms with E-state index in [1.165, 1.54) is 5.56 Å². The number of hydrogen-bond acceptors (Lipinski definition) is 3. The quantitative estimate of drug-likeness (QED) is 0.752. The summed E-state index contributed by atoms with van der Waals surface area (Å²) in [5.74, 6) is 0.0127. The molecule has 4 heteroatoms. The van der Waals surface area contributed by atoms with E-state index in [0.29, 0.717) is 6.54 Å². The van der Waals surface area contributed by atoms with Crippen molar-refractivity contribution in [2.75, 3.05) is 39.2 Å². The van der Waals surface area contributed by atoms with Crippen LogP contribution in [0.3, 0.4) is 0 Å². The van der Waals surface area contributed by atoms with Crippen molar-refractivity contribution < 1.29 is 9.53 Å². The molecule has 1 N–H and O–H groups in total. The molecule has 0 heterocycles. The lowest BCUT2D eigenvalue weighted by molar-refractivity contribution is -0.117. The second kappa shape index (κ2) is 7.84. The van der Waals surface area contributed by atoms with Crippen LogP contribution < -0.4 is 5.32 Å². The van der Waals surface area contributed by atoms with Gasteiger partial charge >= 0.3 is 0 Å². The zero-order chi connectivity index (χ0) is 13.4. The highest BCUT2D eigenvalue weighted by Crippen LogP contribution is 2.08. The molecule has 0 radical (unpaired) electrons. The maximum atomic E-state index is 11.8. The van der Waals surface area contributed by atoms with Crippen LogP contribution >= 0.6 is 0 Å². The Bertz CT molecular complexity index is 363. The fourth-order valence-electron chi connectivity index (χ4n) is 1.64. The van der Waals surface area contributed by atoms with Crippen molar-refractivity contribution in [1.29, 1.82) is 0 Å². The van der Waals surface area contributed by atoms with Gasteiger partial charge < -0.3 is 10.1 Å². The van der Waals surface area contributed by atoms with Gasteiger partial charge in [-0.2, -0.15) is 0 Å². The van der Waals surface area contributed by atoms with Crippen LogP contribution in [0.25, 0.3) is 0 Å². The molecule has 100 valence electrons. The van der Waals surface area contributed by atoms with Crippen LogP contribution in [0, 0.1) is 6.92 Å². The third kappa shape index (κ3) is 5.80. The van der Waals surface area contributed by atoms with Crippen molar-refractivity contribution in [1.82, 2.24) is 4.90 Å². The van der Waals surface area contributed by atoms with E-state index in [1.54, 1.807) is 7.11 Å². The lowest BCUT2D eigenvalue weighted by Gasteiger charge is -2.15. The van der Waals surface area contributed by atoms with Crippen molar-refractivity contribution in [3.05, 3.63) is 29.8 Å². The summed E-state index contributed by atoms with van der Waals surface area (Å²) in [5, 5.41) is 2.88. The van der Waals surface area contributed by atoms with Gasteiger partial charge in [-0.3, -0.25) is 9.69 Å². The molecule has 18 heavy (non-hydrogen) atoms. The molecule has 0 aliphatic heterocycles. The van der Waals surface area contributed by atoms with Crippen LogP contribution in [0.2, 0.25) is 0 Å². The molecule has 1 aromatic rings. The van der Waals surface area contributed by atoms with Gasteiger partial charge in [0, 0.05) is 25.9 Å². The first kappa shape index (κ1) is 14.7. The van der Waals surface area contributed by atoms with E-state index in [2.05, 4.69) is 5.32 Å². The molecule has 0 saturated carbocycles. The number of methoxy groups -OCH3 is 1. The fraction of sp³-hybridized carbons (Fsp3) is 0.500. The summed E-state index contributed by atoms with van der Waals surface area (Å²) in [7, 11) is 3.62. The first-order valence-electron chi connectivity index (χ1n) is 6.16. The van der Waals surface area contributed by atoms with Crippen molar-refractivity contribution in [3.63, 3.8) is 0 Å². The monoisotopic (exact) mass is 250 g/mol. The fourth-order valence-corrected chi connectivity index (χ4v) is 1.64. The van der Waals surface area contributed by atoms with E-state index in [1.807, 2.05) is 43.1 Å². The number of ether oxygens (including phenoxy) is 1. The Morgan fingerprint density at radius 3 is 2.61 bits per heavy atom. The maximum Gasteiger partial charge on any atom is 0.238 e. The first-order chi connectivity index (χ1) is 8.61. The van der Waals surface area contributed by atoms with Gasteiger partial charge in [0.2, 0.25) is 5.91 Å². The molecule has 0 aliphatic carbocycles. The summed E-state index contributed by atoms with van der Waals surface area (Å²) in [4.78, 5) is 13.7. The van der Waals surface area contributed by atoms with Gasteiger partial charge in [-0.1, -0.05) is 17.7 Å². The molecule has 0 spiro atoms. The summed E-state index contributed by atoms with van der Waals surface area (Å²) in [6.45, 7) is 4.01. The molecule has 0 saturated heterocycles. The molecule has 0 fully saturated rings. The lowest BCUT2D eigenvalue weighted by atomic mass is 10.2. The molecule has 1 amide bonds. The molecule has 0 bridgehead atoms. The standard InChI is InChI=1S/C14H22N2O2/c1-12-5-7-13(8-6-12)15-14(17)11-16(2)9-4-10-18-3/h5-8H,4,9-11H2,1-3H3,(H,15,17). The van der Waals surface area contributed by atoms with E-state index < -0.39 is 0 Å². The predicted octanol–water partition coefficient (Wildman–Crippen LogP) is 1.90. The molecule has 0 aromatic heterocycles. The third-order valence-corrected chi connectivity index (χ3v) is 2.64. The van der Waals surface area contributed by atoms with E-state index >= 15 is 0 Å². The molecule has 1 aromatic carbocycles. The number of benzene rings is 1. The minimum Gasteiger partial charge on any atom is -0.385 e. The number of rotatable bonds is 7. The van der Waals surface area contributed by atoms with Crippen LogP contribution in [0.1, 0.15) is 12.0 Å². The Hall–Kier alpha value is -1.39. The minimum atomic E-state index is 0.0127. The van der Waals surface area contributed by atoms with Crippen LogP contribution in [-0.2, 0) is 9.53 Å². The van der Waals surface area contributed by atoms with Crippen LogP contribution in [0.4, 0.5) is 5.69 Å². The first-order valence-corrected chi connectivity index (χ1v) is 6.16. The maximum absolute atomic E-state index is 11.8. The Kier molecular flexibility index (Phi) is 6.39. The van der Waals surface area contributed by atoms with Gasteiger partial charge in [-0.15, -0.1) is 0 Å². The second-order valence-corrected chi connectivity index (χ2v) is 4.50. The van der Waals surface area contributed by atoms with Crippen LogP contribution in [-0.4, -0.2) is 44.7 Å². The minimum absolute atomic E-state index is 0.0127. The van der Waals surface area contributed by atoms with Gasteiger partial charge in [0.1, 0.15) is 0 Å². The number of nitrogens with one attached hydrogen (secondary N) is 1. The average molecular weight is 250 g/mol. The molecule has 0 atom stereocenters. The summed E-state index contributed by atoms with van der Waals surface area (Å²) in [5.41, 5.74) is 2.03. The highest BCUT2D eigenvalue weighted by molar-refractivity contribution is 5.92. The molecular weight excluding hydrogens is 228 g/mol. The van der Waals surface area contributed by atoms with Crippen molar-refractivity contribution >= 4 is 11.6 Å². The molecule has 1 rings (SSSR count). The van der Waals surface area contributed by atoms with Gasteiger partial charge in [0.25, 0.3) is 0 Å². The summed E-state index contributed by atoms with van der Waals surface area (Å²) in [6.07, 6.45) is 0.935. The zero-order valence-corrected chi connectivity index (χ0v) is 11.4. The van der Waals surface area contributed by atoms with Gasteiger partial charge in [0.15, 0.2) is 0 Å². The molecule has 0 aliphatic rings. The molecule has 0 unspecified atom stereocenters. The van der Waals surface area contributed by atoms with Gasteiger partial charge in [-0.25, -0.2) is 0 Å². The van der Waals surface area contributed by atoms with Gasteiger partial charge in [0.05, 0.1) is 6.54 Å². The normalized spacial score (nSPS) is 10.7. The summed E-state index contributed by atoms with van der Waals surface area (Å²) >= 11 is 0. The average Bonchev–Trinajstić information content (AvgIpc) is 2.32.